The Morgan fingerprint density at radius 3 is 2.14 bits per heavy atom. The lowest BCUT2D eigenvalue weighted by Gasteiger charge is -2.43. The van der Waals surface area contributed by atoms with Crippen LogP contribution in [0.1, 0.15) is 79.7 Å². The molecule has 0 amide bonds. The number of unbranched alkanes of at least 4 members (excludes halogenated alkanes) is 1. The average molecular weight is 493 g/mol. The topological polar surface area (TPSA) is 80.3 Å². The van der Waals surface area contributed by atoms with Crippen molar-refractivity contribution in [3.8, 4) is 5.75 Å². The van der Waals surface area contributed by atoms with E-state index < -0.39 is 30.4 Å². The van der Waals surface area contributed by atoms with Crippen molar-refractivity contribution in [2.75, 3.05) is 13.2 Å². The Hall–Kier alpha value is -2.12. The lowest BCUT2D eigenvalue weighted by Crippen LogP contribution is -2.57. The molecule has 1 fully saturated rings. The van der Waals surface area contributed by atoms with E-state index in [0.29, 0.717) is 13.2 Å². The molecule has 35 heavy (non-hydrogen) atoms. The lowest BCUT2D eigenvalue weighted by molar-refractivity contribution is -0.290. The van der Waals surface area contributed by atoms with Crippen molar-refractivity contribution in [3.05, 3.63) is 29.8 Å². The minimum atomic E-state index is -0.792. The Bertz CT molecular complexity index is 783. The smallest absolute Gasteiger partial charge is 0.303 e. The molecule has 198 valence electrons. The summed E-state index contributed by atoms with van der Waals surface area (Å²) < 4.78 is 29.0. The third-order valence-corrected chi connectivity index (χ3v) is 6.20. The fraction of sp³-hybridized carbons (Fsp3) is 0.714. The van der Waals surface area contributed by atoms with E-state index in [1.807, 2.05) is 26.0 Å². The van der Waals surface area contributed by atoms with E-state index in [0.717, 1.165) is 37.9 Å². The zero-order valence-electron chi connectivity index (χ0n) is 22.5. The molecule has 1 saturated heterocycles. The SMILES string of the molecule is CC[C@H]1O[C@@H](OCCCCc2ccc(OCCC(C)(C)C)cc2)[C@H](OC(C)=O)[C@@H](OC(C)=O)[C@@H]1C. The molecule has 0 aliphatic carbocycles. The summed E-state index contributed by atoms with van der Waals surface area (Å²) in [6, 6.07) is 8.25. The van der Waals surface area contributed by atoms with Gasteiger partial charge >= 0.3 is 11.9 Å². The first-order valence-electron chi connectivity index (χ1n) is 12.8. The van der Waals surface area contributed by atoms with E-state index in [1.54, 1.807) is 0 Å². The largest absolute Gasteiger partial charge is 0.494 e. The summed E-state index contributed by atoms with van der Waals surface area (Å²) in [4.78, 5) is 23.4. The average Bonchev–Trinajstić information content (AvgIpc) is 2.77. The van der Waals surface area contributed by atoms with E-state index in [9.17, 15) is 9.59 Å². The summed E-state index contributed by atoms with van der Waals surface area (Å²) in [7, 11) is 0. The van der Waals surface area contributed by atoms with Crippen LogP contribution in [0.2, 0.25) is 0 Å². The van der Waals surface area contributed by atoms with Crippen LogP contribution in [0.5, 0.6) is 5.75 Å². The molecular weight excluding hydrogens is 448 g/mol. The number of aryl methyl sites for hydroxylation is 1. The lowest BCUT2D eigenvalue weighted by atomic mass is 9.89. The summed E-state index contributed by atoms with van der Waals surface area (Å²) in [6.07, 6.45) is 2.11. The molecule has 0 unspecified atom stereocenters. The molecule has 5 atom stereocenters. The molecule has 0 aromatic heterocycles. The van der Waals surface area contributed by atoms with Crippen LogP contribution < -0.4 is 4.74 Å². The zero-order valence-corrected chi connectivity index (χ0v) is 22.5. The first kappa shape index (κ1) is 29.1. The molecule has 1 aliphatic heterocycles. The maximum atomic E-state index is 11.7. The van der Waals surface area contributed by atoms with Crippen LogP contribution in [0.15, 0.2) is 24.3 Å². The van der Waals surface area contributed by atoms with Gasteiger partial charge in [0.05, 0.1) is 12.7 Å². The van der Waals surface area contributed by atoms with Crippen molar-refractivity contribution >= 4 is 11.9 Å². The zero-order chi connectivity index (χ0) is 26.0. The first-order chi connectivity index (χ1) is 16.5. The molecule has 1 heterocycles. The maximum Gasteiger partial charge on any atom is 0.303 e. The number of hydrogen-bond donors (Lipinski definition) is 0. The quantitative estimate of drug-likeness (QED) is 0.282. The predicted molar refractivity (Wildman–Crippen MR) is 134 cm³/mol. The summed E-state index contributed by atoms with van der Waals surface area (Å²) in [5.41, 5.74) is 1.51. The fourth-order valence-corrected chi connectivity index (χ4v) is 4.18. The number of hydrogen-bond acceptors (Lipinski definition) is 7. The number of benzene rings is 1. The van der Waals surface area contributed by atoms with Gasteiger partial charge in [-0.15, -0.1) is 0 Å². The Morgan fingerprint density at radius 2 is 1.57 bits per heavy atom. The molecular formula is C28H44O7. The monoisotopic (exact) mass is 492 g/mol. The van der Waals surface area contributed by atoms with Gasteiger partial charge in [-0.05, 0) is 55.2 Å². The molecule has 0 radical (unpaired) electrons. The minimum absolute atomic E-state index is 0.117. The van der Waals surface area contributed by atoms with Gasteiger partial charge in [-0.3, -0.25) is 9.59 Å². The van der Waals surface area contributed by atoms with E-state index in [2.05, 4.69) is 32.9 Å². The van der Waals surface area contributed by atoms with E-state index >= 15 is 0 Å². The molecule has 1 aromatic rings. The van der Waals surface area contributed by atoms with Crippen molar-refractivity contribution in [3.63, 3.8) is 0 Å². The molecule has 0 spiro atoms. The normalized spacial score (nSPS) is 24.6. The van der Waals surface area contributed by atoms with E-state index in [4.69, 9.17) is 23.7 Å². The third-order valence-electron chi connectivity index (χ3n) is 6.20. The van der Waals surface area contributed by atoms with Gasteiger partial charge < -0.3 is 23.7 Å². The highest BCUT2D eigenvalue weighted by Crippen LogP contribution is 2.32. The molecule has 2 rings (SSSR count). The van der Waals surface area contributed by atoms with Gasteiger partial charge in [0.25, 0.3) is 0 Å². The van der Waals surface area contributed by atoms with Crippen LogP contribution in [-0.4, -0.2) is 49.8 Å². The highest BCUT2D eigenvalue weighted by molar-refractivity contribution is 5.67. The van der Waals surface area contributed by atoms with Crippen LogP contribution in [0.3, 0.4) is 0 Å². The van der Waals surface area contributed by atoms with Crippen molar-refractivity contribution in [1.29, 1.82) is 0 Å². The maximum absolute atomic E-state index is 11.7. The van der Waals surface area contributed by atoms with Gasteiger partial charge in [-0.25, -0.2) is 0 Å². The Labute approximate surface area is 210 Å². The van der Waals surface area contributed by atoms with Crippen molar-refractivity contribution in [2.45, 2.75) is 105 Å². The molecule has 1 aliphatic rings. The number of ether oxygens (including phenoxy) is 5. The van der Waals surface area contributed by atoms with Gasteiger partial charge in [0.1, 0.15) is 11.9 Å². The minimum Gasteiger partial charge on any atom is -0.494 e. The second-order valence-electron chi connectivity index (χ2n) is 10.6. The summed E-state index contributed by atoms with van der Waals surface area (Å²) in [5, 5.41) is 0. The first-order valence-corrected chi connectivity index (χ1v) is 12.8. The van der Waals surface area contributed by atoms with Crippen LogP contribution in [0, 0.1) is 11.3 Å². The van der Waals surface area contributed by atoms with Gasteiger partial charge in [0, 0.05) is 26.4 Å². The third kappa shape index (κ3) is 10.2. The van der Waals surface area contributed by atoms with Crippen molar-refractivity contribution in [2.24, 2.45) is 11.3 Å². The van der Waals surface area contributed by atoms with Gasteiger partial charge in [-0.1, -0.05) is 46.8 Å². The Morgan fingerprint density at radius 1 is 0.943 bits per heavy atom. The second-order valence-corrected chi connectivity index (χ2v) is 10.6. The van der Waals surface area contributed by atoms with E-state index in [1.165, 1.54) is 19.4 Å². The second kappa shape index (κ2) is 13.8. The van der Waals surface area contributed by atoms with Gasteiger partial charge in [0.2, 0.25) is 0 Å². The number of esters is 2. The van der Waals surface area contributed by atoms with Crippen LogP contribution in [-0.2, 0) is 35.0 Å². The van der Waals surface area contributed by atoms with Crippen molar-refractivity contribution in [1.82, 2.24) is 0 Å². The number of rotatable bonds is 12. The Kier molecular flexibility index (Phi) is 11.5. The van der Waals surface area contributed by atoms with Crippen LogP contribution in [0.4, 0.5) is 0 Å². The molecule has 7 heteroatoms. The summed E-state index contributed by atoms with van der Waals surface area (Å²) >= 11 is 0. The molecule has 7 nitrogen and oxygen atoms in total. The molecule has 0 saturated carbocycles. The Balaban J connectivity index is 1.83. The van der Waals surface area contributed by atoms with Gasteiger partial charge in [-0.2, -0.15) is 0 Å². The molecule has 1 aromatic carbocycles. The number of carbonyl (C=O) groups excluding carboxylic acids is 2. The molecule has 0 bridgehead atoms. The fourth-order valence-electron chi connectivity index (χ4n) is 4.18. The summed E-state index contributed by atoms with van der Waals surface area (Å²) in [6.45, 7) is 14.4. The van der Waals surface area contributed by atoms with Crippen LogP contribution >= 0.6 is 0 Å². The summed E-state index contributed by atoms with van der Waals surface area (Å²) in [5.74, 6) is -0.0969. The highest BCUT2D eigenvalue weighted by atomic mass is 16.7. The van der Waals surface area contributed by atoms with Crippen molar-refractivity contribution < 1.29 is 33.3 Å². The number of carbonyl (C=O) groups is 2. The van der Waals surface area contributed by atoms with Crippen LogP contribution in [0.25, 0.3) is 0 Å². The predicted octanol–water partition coefficient (Wildman–Crippen LogP) is 5.48. The molecule has 0 N–H and O–H groups in total. The van der Waals surface area contributed by atoms with Gasteiger partial charge in [0.15, 0.2) is 12.4 Å². The standard InChI is InChI=1S/C28H44O7/c1-8-24-19(2)25(33-20(3)29)26(34-21(4)30)27(35-24)32-17-10-9-11-22-12-14-23(15-13-22)31-18-16-28(5,6)7/h12-15,19,24-27H,8-11,16-18H2,1-7H3/t19-,24-,25+,26-,27-/m1/s1. The highest BCUT2D eigenvalue weighted by Gasteiger charge is 2.47. The van der Waals surface area contributed by atoms with E-state index in [-0.39, 0.29) is 17.4 Å².